The van der Waals surface area contributed by atoms with Crippen molar-refractivity contribution in [3.63, 3.8) is 0 Å². The second-order valence-corrected chi connectivity index (χ2v) is 11.4. The number of nitrogens with one attached hydrogen (secondary N) is 1. The van der Waals surface area contributed by atoms with E-state index in [2.05, 4.69) is 10.2 Å². The van der Waals surface area contributed by atoms with Crippen LogP contribution >= 0.6 is 0 Å². The van der Waals surface area contributed by atoms with Gasteiger partial charge in [-0.15, -0.1) is 0 Å². The van der Waals surface area contributed by atoms with E-state index in [0.717, 1.165) is 16.7 Å². The molecule has 0 aliphatic carbocycles. The van der Waals surface area contributed by atoms with E-state index in [1.807, 2.05) is 81.6 Å². The van der Waals surface area contributed by atoms with Gasteiger partial charge < -0.3 is 14.6 Å². The predicted molar refractivity (Wildman–Crippen MR) is 174 cm³/mol. The molecule has 3 aromatic carbocycles. The van der Waals surface area contributed by atoms with Crippen LogP contribution in [-0.2, 0) is 29.2 Å². The van der Waals surface area contributed by atoms with E-state index in [1.54, 1.807) is 34.1 Å². The second kappa shape index (κ2) is 13.7. The van der Waals surface area contributed by atoms with Gasteiger partial charge in [-0.2, -0.15) is 0 Å². The molecule has 2 heterocycles. The van der Waals surface area contributed by atoms with Crippen molar-refractivity contribution in [2.24, 2.45) is 5.92 Å². The van der Waals surface area contributed by atoms with Crippen LogP contribution in [0.1, 0.15) is 48.0 Å². The first-order valence-electron chi connectivity index (χ1n) is 15.0. The van der Waals surface area contributed by atoms with E-state index < -0.39 is 11.5 Å². The summed E-state index contributed by atoms with van der Waals surface area (Å²) in [5.41, 5.74) is 4.30. The third-order valence-corrected chi connectivity index (χ3v) is 7.59. The molecule has 0 spiro atoms. The summed E-state index contributed by atoms with van der Waals surface area (Å²) in [6.07, 6.45) is 1.45. The van der Waals surface area contributed by atoms with Crippen molar-refractivity contribution >= 4 is 23.2 Å². The highest BCUT2D eigenvalue weighted by atomic mass is 19.1. The molecule has 0 aliphatic heterocycles. The van der Waals surface area contributed by atoms with Crippen LogP contribution in [0.25, 0.3) is 16.8 Å². The number of nitrogens with zero attached hydrogens (tertiary/aromatic N) is 3. The number of hydrogen-bond donors (Lipinski definition) is 1. The van der Waals surface area contributed by atoms with Crippen molar-refractivity contribution in [2.45, 2.75) is 40.4 Å². The number of carbonyl (C=O) groups is 2. The topological polar surface area (TPSA) is 85.1 Å². The van der Waals surface area contributed by atoms with Gasteiger partial charge in [0.2, 0.25) is 5.91 Å². The number of esters is 1. The van der Waals surface area contributed by atoms with Crippen molar-refractivity contribution in [3.05, 3.63) is 130 Å². The van der Waals surface area contributed by atoms with Gasteiger partial charge in [-0.3, -0.25) is 18.9 Å². The number of anilines is 1. The van der Waals surface area contributed by atoms with Crippen LogP contribution in [0.15, 0.2) is 95.9 Å². The summed E-state index contributed by atoms with van der Waals surface area (Å²) in [5, 5.41) is 2.91. The molecule has 0 saturated heterocycles. The van der Waals surface area contributed by atoms with Gasteiger partial charge in [-0.25, -0.2) is 9.18 Å². The summed E-state index contributed by atoms with van der Waals surface area (Å²) < 4.78 is 23.3. The third kappa shape index (κ3) is 7.05. The lowest BCUT2D eigenvalue weighted by Crippen LogP contribution is -2.29. The summed E-state index contributed by atoms with van der Waals surface area (Å²) in [5.74, 6) is -1.38. The summed E-state index contributed by atoms with van der Waals surface area (Å²) >= 11 is 0. The molecule has 2 aromatic heterocycles. The van der Waals surface area contributed by atoms with Crippen molar-refractivity contribution in [1.82, 2.24) is 13.9 Å². The van der Waals surface area contributed by atoms with Crippen LogP contribution < -0.4 is 10.9 Å². The summed E-state index contributed by atoms with van der Waals surface area (Å²) in [7, 11) is 1.97. The van der Waals surface area contributed by atoms with Crippen LogP contribution in [0.5, 0.6) is 0 Å². The summed E-state index contributed by atoms with van der Waals surface area (Å²) in [4.78, 5) is 41.5. The normalized spacial score (nSPS) is 11.4. The number of aromatic nitrogens is 2. The Hall–Kier alpha value is -5.02. The molecule has 9 heteroatoms. The molecule has 1 amide bonds. The first-order chi connectivity index (χ1) is 21.7. The molecular formula is C36H37FN4O4. The fourth-order valence-corrected chi connectivity index (χ4v) is 5.29. The number of benzene rings is 3. The number of hydrogen-bond acceptors (Lipinski definition) is 5. The predicted octanol–water partition coefficient (Wildman–Crippen LogP) is 6.36. The van der Waals surface area contributed by atoms with Crippen LogP contribution in [0.4, 0.5) is 10.1 Å². The Morgan fingerprint density at radius 2 is 1.64 bits per heavy atom. The zero-order valence-electron chi connectivity index (χ0n) is 25.9. The molecule has 0 radical (unpaired) electrons. The zero-order valence-corrected chi connectivity index (χ0v) is 25.9. The van der Waals surface area contributed by atoms with E-state index in [9.17, 15) is 18.8 Å². The van der Waals surface area contributed by atoms with Crippen LogP contribution in [0.3, 0.4) is 0 Å². The highest BCUT2D eigenvalue weighted by molar-refractivity contribution is 5.92. The van der Waals surface area contributed by atoms with E-state index in [4.69, 9.17) is 4.74 Å². The van der Waals surface area contributed by atoms with Gasteiger partial charge >= 0.3 is 5.97 Å². The molecule has 0 saturated carbocycles. The Kier molecular flexibility index (Phi) is 9.59. The standard InChI is InChI=1S/C36H37FN4O4/c1-5-45-36(44)30-22-40(21-27-13-9-10-14-31(27)37)33-19-29(26-15-17-28(18-16-26)38-34(42)24(2)3)32(41(33)35(30)43)23-39(4)20-25-11-7-6-8-12-25/h6-19,22,24H,5,20-21,23H2,1-4H3,(H,38,42). The van der Waals surface area contributed by atoms with Gasteiger partial charge in [0.25, 0.3) is 5.56 Å². The quantitative estimate of drug-likeness (QED) is 0.177. The molecule has 5 rings (SSSR count). The van der Waals surface area contributed by atoms with E-state index in [-0.39, 0.29) is 36.4 Å². The highest BCUT2D eigenvalue weighted by Gasteiger charge is 2.23. The number of fused-ring (bicyclic) bond motifs is 1. The van der Waals surface area contributed by atoms with Gasteiger partial charge in [0, 0.05) is 47.7 Å². The number of amides is 1. The first kappa shape index (κ1) is 31.4. The smallest absolute Gasteiger partial charge is 0.345 e. The van der Waals surface area contributed by atoms with Gasteiger partial charge in [-0.05, 0) is 49.4 Å². The lowest BCUT2D eigenvalue weighted by atomic mass is 10.0. The lowest BCUT2D eigenvalue weighted by Gasteiger charge is -2.19. The molecule has 0 unspecified atom stereocenters. The Bertz CT molecular complexity index is 1880. The fourth-order valence-electron chi connectivity index (χ4n) is 5.29. The molecule has 0 atom stereocenters. The van der Waals surface area contributed by atoms with Gasteiger partial charge in [0.05, 0.1) is 13.2 Å². The SMILES string of the molecule is CCOC(=O)c1cn(Cc2ccccc2F)c2cc(-c3ccc(NC(=O)C(C)C)cc3)c(CN(C)Cc3ccccc3)n2c1=O. The Labute approximate surface area is 261 Å². The Morgan fingerprint density at radius 3 is 2.31 bits per heavy atom. The van der Waals surface area contributed by atoms with Gasteiger partial charge in [0.15, 0.2) is 0 Å². The van der Waals surface area contributed by atoms with Crippen LogP contribution in [0.2, 0.25) is 0 Å². The number of rotatable bonds is 11. The summed E-state index contributed by atoms with van der Waals surface area (Å²) in [6, 6.07) is 25.8. The Morgan fingerprint density at radius 1 is 0.956 bits per heavy atom. The molecule has 0 bridgehead atoms. The maximum atomic E-state index is 14.8. The third-order valence-electron chi connectivity index (χ3n) is 7.59. The molecule has 0 fully saturated rings. The molecule has 45 heavy (non-hydrogen) atoms. The number of ether oxygens (including phenoxy) is 1. The van der Waals surface area contributed by atoms with Crippen LogP contribution in [0, 0.1) is 11.7 Å². The highest BCUT2D eigenvalue weighted by Crippen LogP contribution is 2.30. The fraction of sp³-hybridized carbons (Fsp3) is 0.250. The number of carbonyl (C=O) groups excluding carboxylic acids is 2. The van der Waals surface area contributed by atoms with Crippen molar-refractivity contribution in [3.8, 4) is 11.1 Å². The molecule has 1 N–H and O–H groups in total. The largest absolute Gasteiger partial charge is 0.462 e. The maximum Gasteiger partial charge on any atom is 0.345 e. The molecule has 8 nitrogen and oxygen atoms in total. The van der Waals surface area contributed by atoms with Crippen molar-refractivity contribution in [1.29, 1.82) is 0 Å². The minimum Gasteiger partial charge on any atom is -0.462 e. The van der Waals surface area contributed by atoms with E-state index in [0.29, 0.717) is 35.7 Å². The van der Waals surface area contributed by atoms with E-state index in [1.165, 1.54) is 12.3 Å². The maximum absolute atomic E-state index is 14.8. The molecule has 0 aliphatic rings. The minimum atomic E-state index is -0.740. The first-order valence-corrected chi connectivity index (χ1v) is 15.0. The Balaban J connectivity index is 1.69. The zero-order chi connectivity index (χ0) is 32.1. The monoisotopic (exact) mass is 608 g/mol. The van der Waals surface area contributed by atoms with Crippen molar-refractivity contribution in [2.75, 3.05) is 19.0 Å². The van der Waals surface area contributed by atoms with E-state index >= 15 is 0 Å². The second-order valence-electron chi connectivity index (χ2n) is 11.4. The van der Waals surface area contributed by atoms with Crippen molar-refractivity contribution < 1.29 is 18.7 Å². The minimum absolute atomic E-state index is 0.0859. The van der Waals surface area contributed by atoms with Crippen LogP contribution in [-0.4, -0.2) is 39.4 Å². The average molecular weight is 609 g/mol. The lowest BCUT2D eigenvalue weighted by molar-refractivity contribution is -0.118. The number of halogens is 1. The molecular weight excluding hydrogens is 571 g/mol. The molecule has 5 aromatic rings. The molecule has 232 valence electrons. The average Bonchev–Trinajstić information content (AvgIpc) is 3.40. The summed E-state index contributed by atoms with van der Waals surface area (Å²) in [6.45, 7) is 6.52. The van der Waals surface area contributed by atoms with Gasteiger partial charge in [0.1, 0.15) is 17.0 Å². The van der Waals surface area contributed by atoms with Gasteiger partial charge in [-0.1, -0.05) is 74.5 Å².